The molecular weight excluding hydrogens is 367 g/mol. The summed E-state index contributed by atoms with van der Waals surface area (Å²) in [6, 6.07) is 5.28. The second-order valence-corrected chi connectivity index (χ2v) is 5.93. The molecule has 1 fully saturated rings. The van der Waals surface area contributed by atoms with Crippen molar-refractivity contribution in [3.63, 3.8) is 0 Å². The fourth-order valence-electron chi connectivity index (χ4n) is 2.42. The molecule has 7 nitrogen and oxygen atoms in total. The molecule has 1 saturated heterocycles. The SMILES string of the molecule is CNCCCNC(=O)CCC1NC(=O)N(c2ccc(Cl)cc2)C1=O.Cl. The molecule has 9 heteroatoms. The Bertz CT molecular complexity index is 610. The van der Waals surface area contributed by atoms with Crippen molar-refractivity contribution in [3.05, 3.63) is 29.3 Å². The van der Waals surface area contributed by atoms with Crippen molar-refractivity contribution in [2.24, 2.45) is 0 Å². The third-order valence-electron chi connectivity index (χ3n) is 3.69. The molecule has 0 radical (unpaired) electrons. The van der Waals surface area contributed by atoms with Crippen LogP contribution in [0, 0.1) is 0 Å². The molecule has 1 aromatic rings. The van der Waals surface area contributed by atoms with Gasteiger partial charge in [0.25, 0.3) is 5.91 Å². The second kappa shape index (κ2) is 10.2. The number of imide groups is 1. The van der Waals surface area contributed by atoms with E-state index in [4.69, 9.17) is 11.6 Å². The van der Waals surface area contributed by atoms with Crippen molar-refractivity contribution < 1.29 is 14.4 Å². The number of nitrogens with zero attached hydrogens (tertiary/aromatic N) is 1. The topological polar surface area (TPSA) is 90.5 Å². The second-order valence-electron chi connectivity index (χ2n) is 5.50. The fraction of sp³-hybridized carbons (Fsp3) is 0.438. The average Bonchev–Trinajstić information content (AvgIpc) is 2.85. The summed E-state index contributed by atoms with van der Waals surface area (Å²) in [6.07, 6.45) is 1.29. The Labute approximate surface area is 157 Å². The van der Waals surface area contributed by atoms with E-state index in [1.165, 1.54) is 0 Å². The summed E-state index contributed by atoms with van der Waals surface area (Å²) in [6.45, 7) is 1.41. The summed E-state index contributed by atoms with van der Waals surface area (Å²) < 4.78 is 0. The van der Waals surface area contributed by atoms with Crippen LogP contribution in [0.2, 0.25) is 5.02 Å². The molecule has 0 spiro atoms. The number of hydrogen-bond acceptors (Lipinski definition) is 4. The van der Waals surface area contributed by atoms with Crippen LogP contribution >= 0.6 is 24.0 Å². The van der Waals surface area contributed by atoms with Gasteiger partial charge in [-0.2, -0.15) is 0 Å². The highest BCUT2D eigenvalue weighted by molar-refractivity contribution is 6.30. The normalized spacial score (nSPS) is 16.4. The number of carbonyl (C=O) groups is 3. The minimum absolute atomic E-state index is 0. The fourth-order valence-corrected chi connectivity index (χ4v) is 2.54. The van der Waals surface area contributed by atoms with Crippen molar-refractivity contribution in [2.45, 2.75) is 25.3 Å². The van der Waals surface area contributed by atoms with E-state index in [0.29, 0.717) is 17.3 Å². The maximum Gasteiger partial charge on any atom is 0.329 e. The van der Waals surface area contributed by atoms with E-state index in [1.807, 2.05) is 7.05 Å². The Hall–Kier alpha value is -1.83. The Morgan fingerprint density at radius 1 is 1.24 bits per heavy atom. The summed E-state index contributed by atoms with van der Waals surface area (Å²) in [5.41, 5.74) is 0.459. The lowest BCUT2D eigenvalue weighted by molar-refractivity contribution is -0.121. The molecule has 0 aliphatic carbocycles. The van der Waals surface area contributed by atoms with Gasteiger partial charge in [-0.3, -0.25) is 9.59 Å². The van der Waals surface area contributed by atoms with Crippen molar-refractivity contribution in [3.8, 4) is 0 Å². The van der Waals surface area contributed by atoms with Crippen LogP contribution in [0.1, 0.15) is 19.3 Å². The van der Waals surface area contributed by atoms with E-state index in [-0.39, 0.29) is 37.1 Å². The molecule has 1 aliphatic heterocycles. The van der Waals surface area contributed by atoms with Gasteiger partial charge in [0.2, 0.25) is 5.91 Å². The lowest BCUT2D eigenvalue weighted by Crippen LogP contribution is -2.33. The third-order valence-corrected chi connectivity index (χ3v) is 3.94. The van der Waals surface area contributed by atoms with Gasteiger partial charge in [0.05, 0.1) is 5.69 Å². The van der Waals surface area contributed by atoms with Crippen LogP contribution in [-0.2, 0) is 9.59 Å². The molecule has 1 aliphatic rings. The number of rotatable bonds is 8. The summed E-state index contributed by atoms with van der Waals surface area (Å²) in [5, 5.41) is 8.92. The minimum Gasteiger partial charge on any atom is -0.356 e. The molecule has 3 N–H and O–H groups in total. The van der Waals surface area contributed by atoms with E-state index in [2.05, 4.69) is 16.0 Å². The van der Waals surface area contributed by atoms with Gasteiger partial charge in [0.1, 0.15) is 6.04 Å². The Morgan fingerprint density at radius 2 is 1.92 bits per heavy atom. The van der Waals surface area contributed by atoms with Gasteiger partial charge in [-0.15, -0.1) is 12.4 Å². The molecule has 25 heavy (non-hydrogen) atoms. The highest BCUT2D eigenvalue weighted by Crippen LogP contribution is 2.23. The molecule has 1 heterocycles. The highest BCUT2D eigenvalue weighted by Gasteiger charge is 2.38. The number of carbonyl (C=O) groups excluding carboxylic acids is 3. The highest BCUT2D eigenvalue weighted by atomic mass is 35.5. The number of benzene rings is 1. The monoisotopic (exact) mass is 388 g/mol. The minimum atomic E-state index is -0.684. The van der Waals surface area contributed by atoms with Gasteiger partial charge in [-0.25, -0.2) is 9.69 Å². The predicted molar refractivity (Wildman–Crippen MR) is 99.3 cm³/mol. The molecule has 0 saturated carbocycles. The Kier molecular flexibility index (Phi) is 8.68. The van der Waals surface area contributed by atoms with Gasteiger partial charge in [-0.1, -0.05) is 11.6 Å². The van der Waals surface area contributed by atoms with Crippen molar-refractivity contribution in [1.82, 2.24) is 16.0 Å². The third kappa shape index (κ3) is 5.88. The first-order valence-corrected chi connectivity index (χ1v) is 8.22. The van der Waals surface area contributed by atoms with Crippen molar-refractivity contribution in [2.75, 3.05) is 25.0 Å². The molecule has 4 amide bonds. The number of urea groups is 1. The summed E-state index contributed by atoms with van der Waals surface area (Å²) in [7, 11) is 1.85. The number of amides is 4. The van der Waals surface area contributed by atoms with Gasteiger partial charge in [0, 0.05) is 18.0 Å². The standard InChI is InChI=1S/C16H21ClN4O3.ClH/c1-18-9-2-10-19-14(22)8-7-13-15(23)21(16(24)20-13)12-5-3-11(17)4-6-12;/h3-6,13,18H,2,7-10H2,1H3,(H,19,22)(H,20,24);1H. The maximum atomic E-state index is 12.4. The van der Waals surface area contributed by atoms with Crippen LogP contribution in [0.3, 0.4) is 0 Å². The molecular formula is C16H22Cl2N4O3. The zero-order chi connectivity index (χ0) is 17.5. The van der Waals surface area contributed by atoms with Crippen LogP contribution in [0.25, 0.3) is 0 Å². The number of anilines is 1. The van der Waals surface area contributed by atoms with Crippen LogP contribution < -0.4 is 20.9 Å². The lowest BCUT2D eigenvalue weighted by atomic mass is 10.1. The zero-order valence-corrected chi connectivity index (χ0v) is 15.5. The molecule has 2 rings (SSSR count). The predicted octanol–water partition coefficient (Wildman–Crippen LogP) is 1.69. The van der Waals surface area contributed by atoms with Crippen LogP contribution in [-0.4, -0.2) is 44.0 Å². The number of nitrogens with one attached hydrogen (secondary N) is 3. The maximum absolute atomic E-state index is 12.4. The van der Waals surface area contributed by atoms with E-state index in [1.54, 1.807) is 24.3 Å². The smallest absolute Gasteiger partial charge is 0.329 e. The molecule has 1 unspecified atom stereocenters. The number of halogens is 2. The largest absolute Gasteiger partial charge is 0.356 e. The van der Waals surface area contributed by atoms with Gasteiger partial charge >= 0.3 is 6.03 Å². The first kappa shape index (κ1) is 21.2. The quantitative estimate of drug-likeness (QED) is 0.466. The van der Waals surface area contributed by atoms with E-state index >= 15 is 0 Å². The van der Waals surface area contributed by atoms with E-state index in [9.17, 15) is 14.4 Å². The summed E-state index contributed by atoms with van der Waals surface area (Å²) >= 11 is 5.81. The average molecular weight is 389 g/mol. The van der Waals surface area contributed by atoms with Crippen LogP contribution in [0.5, 0.6) is 0 Å². The molecule has 138 valence electrons. The zero-order valence-electron chi connectivity index (χ0n) is 13.9. The van der Waals surface area contributed by atoms with Crippen molar-refractivity contribution in [1.29, 1.82) is 0 Å². The molecule has 0 bridgehead atoms. The lowest BCUT2D eigenvalue weighted by Gasteiger charge is -2.13. The Balaban J connectivity index is 0.00000312. The van der Waals surface area contributed by atoms with Gasteiger partial charge in [-0.05, 0) is 50.7 Å². The first-order valence-electron chi connectivity index (χ1n) is 7.84. The summed E-state index contributed by atoms with van der Waals surface area (Å²) in [5.74, 6) is -0.483. The first-order chi connectivity index (χ1) is 11.5. The summed E-state index contributed by atoms with van der Waals surface area (Å²) in [4.78, 5) is 37.2. The molecule has 0 aromatic heterocycles. The van der Waals surface area contributed by atoms with Crippen molar-refractivity contribution >= 4 is 47.5 Å². The van der Waals surface area contributed by atoms with Gasteiger partial charge in [0.15, 0.2) is 0 Å². The molecule has 1 atom stereocenters. The molecule has 1 aromatic carbocycles. The van der Waals surface area contributed by atoms with Gasteiger partial charge < -0.3 is 16.0 Å². The Morgan fingerprint density at radius 3 is 2.56 bits per heavy atom. The van der Waals surface area contributed by atoms with Crippen LogP contribution in [0.4, 0.5) is 10.5 Å². The van der Waals surface area contributed by atoms with E-state index in [0.717, 1.165) is 17.9 Å². The van der Waals surface area contributed by atoms with E-state index < -0.39 is 12.1 Å². The van der Waals surface area contributed by atoms with Crippen LogP contribution in [0.15, 0.2) is 24.3 Å². The number of hydrogen-bond donors (Lipinski definition) is 3.